The van der Waals surface area contributed by atoms with Crippen molar-refractivity contribution in [2.45, 2.75) is 44.3 Å². The van der Waals surface area contributed by atoms with Crippen molar-refractivity contribution in [2.24, 2.45) is 0 Å². The zero-order valence-corrected chi connectivity index (χ0v) is 13.5. The maximum atomic E-state index is 3.48. The first-order valence-corrected chi connectivity index (χ1v) is 8.48. The van der Waals surface area contributed by atoms with Gasteiger partial charge in [-0.3, -0.25) is 9.80 Å². The number of hydrogen-bond donors (Lipinski definition) is 1. The Morgan fingerprint density at radius 1 is 1.24 bits per heavy atom. The predicted molar refractivity (Wildman–Crippen MR) is 88.5 cm³/mol. The smallest absolute Gasteiger partial charge is 0.0329 e. The maximum absolute atomic E-state index is 3.48. The topological polar surface area (TPSA) is 18.5 Å². The van der Waals surface area contributed by atoms with Crippen LogP contribution < -0.4 is 5.32 Å². The van der Waals surface area contributed by atoms with Gasteiger partial charge in [0, 0.05) is 37.8 Å². The molecule has 1 aromatic rings. The van der Waals surface area contributed by atoms with Crippen LogP contribution in [0, 0.1) is 0 Å². The molecule has 2 aliphatic heterocycles. The third-order valence-corrected chi connectivity index (χ3v) is 5.32. The molecule has 0 aromatic heterocycles. The fourth-order valence-electron chi connectivity index (χ4n) is 4.02. The second-order valence-corrected chi connectivity index (χ2v) is 6.68. The zero-order valence-electron chi connectivity index (χ0n) is 13.5. The molecule has 0 spiro atoms. The molecule has 0 bridgehead atoms. The van der Waals surface area contributed by atoms with Gasteiger partial charge in [0.15, 0.2) is 0 Å². The summed E-state index contributed by atoms with van der Waals surface area (Å²) >= 11 is 0. The number of nitrogens with one attached hydrogen (secondary N) is 1. The molecule has 1 aromatic carbocycles. The van der Waals surface area contributed by atoms with E-state index in [2.05, 4.69) is 59.4 Å². The van der Waals surface area contributed by atoms with E-state index in [1.165, 1.54) is 51.0 Å². The lowest BCUT2D eigenvalue weighted by Gasteiger charge is -2.42. The van der Waals surface area contributed by atoms with Crippen molar-refractivity contribution in [2.75, 3.05) is 33.2 Å². The van der Waals surface area contributed by atoms with Gasteiger partial charge in [-0.1, -0.05) is 30.3 Å². The highest BCUT2D eigenvalue weighted by atomic mass is 15.3. The summed E-state index contributed by atoms with van der Waals surface area (Å²) in [6.45, 7) is 7.45. The summed E-state index contributed by atoms with van der Waals surface area (Å²) in [4.78, 5) is 5.41. The van der Waals surface area contributed by atoms with E-state index in [0.717, 1.165) is 6.04 Å². The lowest BCUT2D eigenvalue weighted by molar-refractivity contribution is 0.0568. The quantitative estimate of drug-likeness (QED) is 0.898. The average Bonchev–Trinajstić information content (AvgIpc) is 2.96. The molecule has 3 heteroatoms. The molecule has 3 nitrogen and oxygen atoms in total. The second kappa shape index (κ2) is 6.91. The monoisotopic (exact) mass is 287 g/mol. The molecular formula is C18H29N3. The molecule has 0 aliphatic carbocycles. The maximum Gasteiger partial charge on any atom is 0.0329 e. The van der Waals surface area contributed by atoms with Crippen molar-refractivity contribution in [1.29, 1.82) is 0 Å². The summed E-state index contributed by atoms with van der Waals surface area (Å²) in [5.41, 5.74) is 1.41. The van der Waals surface area contributed by atoms with Crippen molar-refractivity contribution >= 4 is 0 Å². The minimum absolute atomic E-state index is 0.472. The zero-order chi connectivity index (χ0) is 14.7. The Hall–Kier alpha value is -0.900. The number of hydrogen-bond acceptors (Lipinski definition) is 3. The molecule has 2 heterocycles. The fourth-order valence-corrected chi connectivity index (χ4v) is 4.02. The first kappa shape index (κ1) is 15.0. The van der Waals surface area contributed by atoms with Crippen LogP contribution >= 0.6 is 0 Å². The second-order valence-electron chi connectivity index (χ2n) is 6.68. The normalized spacial score (nSPS) is 28.5. The predicted octanol–water partition coefficient (Wildman–Crippen LogP) is 2.51. The molecule has 21 heavy (non-hydrogen) atoms. The van der Waals surface area contributed by atoms with Gasteiger partial charge >= 0.3 is 0 Å². The van der Waals surface area contributed by atoms with Crippen LogP contribution in [0.15, 0.2) is 30.3 Å². The minimum atomic E-state index is 0.472. The SMILES string of the molecule is CNC(CCN1CC2CCCN2CC1C)c1ccccc1. The van der Waals surface area contributed by atoms with Gasteiger partial charge in [-0.25, -0.2) is 0 Å². The molecule has 3 rings (SSSR count). The van der Waals surface area contributed by atoms with Gasteiger partial charge in [-0.2, -0.15) is 0 Å². The summed E-state index contributed by atoms with van der Waals surface area (Å²) in [5.74, 6) is 0. The van der Waals surface area contributed by atoms with Crippen LogP contribution in [-0.2, 0) is 0 Å². The standard InChI is InChI=1S/C18H29N3/c1-15-13-21-11-6-9-17(21)14-20(15)12-10-18(19-2)16-7-4-3-5-8-16/h3-5,7-8,15,17-19H,6,9-14H2,1-2H3. The highest BCUT2D eigenvalue weighted by molar-refractivity contribution is 5.18. The molecule has 0 amide bonds. The van der Waals surface area contributed by atoms with E-state index in [0.29, 0.717) is 12.1 Å². The summed E-state index contributed by atoms with van der Waals surface area (Å²) in [5, 5.41) is 3.48. The highest BCUT2D eigenvalue weighted by Gasteiger charge is 2.34. The van der Waals surface area contributed by atoms with Crippen LogP contribution in [0.1, 0.15) is 37.8 Å². The van der Waals surface area contributed by atoms with Crippen molar-refractivity contribution in [3.05, 3.63) is 35.9 Å². The molecule has 3 atom stereocenters. The van der Waals surface area contributed by atoms with E-state index in [-0.39, 0.29) is 0 Å². The molecule has 2 saturated heterocycles. The Bertz CT molecular complexity index is 433. The lowest BCUT2D eigenvalue weighted by atomic mass is 10.0. The fraction of sp³-hybridized carbons (Fsp3) is 0.667. The minimum Gasteiger partial charge on any atom is -0.313 e. The van der Waals surface area contributed by atoms with Gasteiger partial charge in [-0.05, 0) is 45.3 Å². The molecule has 1 N–H and O–H groups in total. The highest BCUT2D eigenvalue weighted by Crippen LogP contribution is 2.25. The van der Waals surface area contributed by atoms with Crippen LogP contribution in [0.5, 0.6) is 0 Å². The van der Waals surface area contributed by atoms with Crippen LogP contribution in [0.2, 0.25) is 0 Å². The molecule has 0 radical (unpaired) electrons. The average molecular weight is 287 g/mol. The first-order valence-electron chi connectivity index (χ1n) is 8.48. The van der Waals surface area contributed by atoms with Gasteiger partial charge < -0.3 is 5.32 Å². The summed E-state index contributed by atoms with van der Waals surface area (Å²) < 4.78 is 0. The molecule has 2 fully saturated rings. The Morgan fingerprint density at radius 2 is 2.05 bits per heavy atom. The van der Waals surface area contributed by atoms with Gasteiger partial charge in [-0.15, -0.1) is 0 Å². The van der Waals surface area contributed by atoms with Crippen LogP contribution in [-0.4, -0.2) is 55.1 Å². The summed E-state index contributed by atoms with van der Waals surface area (Å²) in [6.07, 6.45) is 3.99. The molecule has 116 valence electrons. The van der Waals surface area contributed by atoms with Gasteiger partial charge in [0.05, 0.1) is 0 Å². The van der Waals surface area contributed by atoms with E-state index in [9.17, 15) is 0 Å². The van der Waals surface area contributed by atoms with Crippen molar-refractivity contribution in [3.63, 3.8) is 0 Å². The third-order valence-electron chi connectivity index (χ3n) is 5.32. The third kappa shape index (κ3) is 3.47. The van der Waals surface area contributed by atoms with E-state index in [1.807, 2.05) is 0 Å². The van der Waals surface area contributed by atoms with Crippen LogP contribution in [0.3, 0.4) is 0 Å². The van der Waals surface area contributed by atoms with Crippen molar-refractivity contribution < 1.29 is 0 Å². The van der Waals surface area contributed by atoms with Gasteiger partial charge in [0.1, 0.15) is 0 Å². The number of rotatable bonds is 5. The van der Waals surface area contributed by atoms with Crippen molar-refractivity contribution in [1.82, 2.24) is 15.1 Å². The van der Waals surface area contributed by atoms with E-state index < -0.39 is 0 Å². The molecule has 0 saturated carbocycles. The Kier molecular flexibility index (Phi) is 4.94. The number of fused-ring (bicyclic) bond motifs is 1. The first-order chi connectivity index (χ1) is 10.3. The molecule has 2 aliphatic rings. The van der Waals surface area contributed by atoms with Crippen LogP contribution in [0.25, 0.3) is 0 Å². The number of piperazine rings is 1. The largest absolute Gasteiger partial charge is 0.313 e. The molecule has 3 unspecified atom stereocenters. The van der Waals surface area contributed by atoms with Crippen molar-refractivity contribution in [3.8, 4) is 0 Å². The Balaban J connectivity index is 1.56. The van der Waals surface area contributed by atoms with E-state index >= 15 is 0 Å². The lowest BCUT2D eigenvalue weighted by Crippen LogP contribution is -2.55. The Labute approximate surface area is 129 Å². The number of nitrogens with zero attached hydrogens (tertiary/aromatic N) is 2. The Morgan fingerprint density at radius 3 is 2.81 bits per heavy atom. The summed E-state index contributed by atoms with van der Waals surface area (Å²) in [7, 11) is 2.08. The van der Waals surface area contributed by atoms with Gasteiger partial charge in [0.25, 0.3) is 0 Å². The van der Waals surface area contributed by atoms with Gasteiger partial charge in [0.2, 0.25) is 0 Å². The summed E-state index contributed by atoms with van der Waals surface area (Å²) in [6, 6.07) is 12.8. The van der Waals surface area contributed by atoms with E-state index in [1.54, 1.807) is 0 Å². The molecular weight excluding hydrogens is 258 g/mol. The number of benzene rings is 1. The van der Waals surface area contributed by atoms with E-state index in [4.69, 9.17) is 0 Å². The van der Waals surface area contributed by atoms with Crippen LogP contribution in [0.4, 0.5) is 0 Å².